The molecule has 0 bridgehead atoms. The predicted octanol–water partition coefficient (Wildman–Crippen LogP) is -5.20. The highest BCUT2D eigenvalue weighted by molar-refractivity contribution is 5.80. The summed E-state index contributed by atoms with van der Waals surface area (Å²) in [6.07, 6.45) is -34.3. The first-order valence-corrected chi connectivity index (χ1v) is 30.3. The molecule has 5 aliphatic carbocycles. The van der Waals surface area contributed by atoms with Gasteiger partial charge in [0.15, 0.2) is 31.3 Å². The molecular weight excluding hydrogens is 1160 g/mol. The topological polar surface area (TPSA) is 459 Å². The van der Waals surface area contributed by atoms with Crippen LogP contribution in [-0.2, 0) is 61.7 Å². The van der Waals surface area contributed by atoms with Crippen molar-refractivity contribution in [1.82, 2.24) is 0 Å². The molecule has 16 N–H and O–H groups in total. The molecule has 10 rings (SSSR count). The van der Waals surface area contributed by atoms with E-state index in [0.29, 0.717) is 25.7 Å². The fourth-order valence-corrected chi connectivity index (χ4v) is 17.5. The maximum Gasteiger partial charge on any atom is 0.317 e. The van der Waals surface area contributed by atoms with E-state index in [4.69, 9.17) is 52.1 Å². The van der Waals surface area contributed by atoms with E-state index in [1.54, 1.807) is 0 Å². The predicted molar refractivity (Wildman–Crippen MR) is 287 cm³/mol. The zero-order valence-electron chi connectivity index (χ0n) is 50.0. The van der Waals surface area contributed by atoms with Gasteiger partial charge in [-0.3, -0.25) is 9.59 Å². The van der Waals surface area contributed by atoms with Crippen molar-refractivity contribution in [3.8, 4) is 0 Å². The molecule has 5 aliphatic heterocycles. The summed E-state index contributed by atoms with van der Waals surface area (Å²) in [7, 11) is 1.14. The van der Waals surface area contributed by atoms with Crippen LogP contribution in [0.5, 0.6) is 0 Å². The number of aliphatic hydroxyl groups is 16. The van der Waals surface area contributed by atoms with Crippen LogP contribution in [0.15, 0.2) is 11.6 Å². The van der Waals surface area contributed by atoms with Crippen molar-refractivity contribution in [1.29, 1.82) is 0 Å². The number of ether oxygens (including phenoxy) is 11. The molecule has 29 heteroatoms. The van der Waals surface area contributed by atoms with Crippen LogP contribution in [0.4, 0.5) is 0 Å². The van der Waals surface area contributed by atoms with Gasteiger partial charge in [-0.05, 0) is 97.7 Å². The number of methoxy groups -OCH3 is 1. The van der Waals surface area contributed by atoms with Crippen molar-refractivity contribution in [2.24, 2.45) is 50.2 Å². The molecule has 0 amide bonds. The molecule has 9 fully saturated rings. The third kappa shape index (κ3) is 10.8. The van der Waals surface area contributed by atoms with E-state index in [0.717, 1.165) is 12.7 Å². The highest BCUT2D eigenvalue weighted by atomic mass is 16.8. The second-order valence-electron chi connectivity index (χ2n) is 28.0. The van der Waals surface area contributed by atoms with Gasteiger partial charge in [-0.2, -0.15) is 0 Å². The zero-order chi connectivity index (χ0) is 63.6. The van der Waals surface area contributed by atoms with Crippen molar-refractivity contribution in [2.45, 2.75) is 240 Å². The number of rotatable bonds is 14. The van der Waals surface area contributed by atoms with Crippen LogP contribution in [0.1, 0.15) is 92.9 Å². The standard InChI is InChI=1S/C58H92O29/c1-23-40(83-45-39(72)41(28(64)19-78-45)84-49-43(73)56(76,20-60)22-80-49)36(69)38(71)46(81-23)85-42-33(66)27(63)18-79-48(42)87-51(75)57-13-12-52(2,3)14-25(57)24-8-9-30-53(4)15-26(62)44(86-47-37(70)35(68)34(67)29(17-59)82-47)58(21-61,50(74)77-7)31(53)10-11-54(30,5)55(24,6)16-32(57)65/h8,23,25-49,59-73,76H,9-22H2,1-7H3. The largest absolute Gasteiger partial charge is 0.468 e. The lowest BCUT2D eigenvalue weighted by molar-refractivity contribution is -0.372. The van der Waals surface area contributed by atoms with Crippen molar-refractivity contribution in [3.63, 3.8) is 0 Å². The lowest BCUT2D eigenvalue weighted by Crippen LogP contribution is -2.72. The molecule has 5 saturated heterocycles. The first-order valence-electron chi connectivity index (χ1n) is 30.3. The lowest BCUT2D eigenvalue weighted by Gasteiger charge is -2.72. The molecule has 32 unspecified atom stereocenters. The second kappa shape index (κ2) is 24.5. The van der Waals surface area contributed by atoms with Crippen LogP contribution in [0.2, 0.25) is 0 Å². The van der Waals surface area contributed by atoms with Gasteiger partial charge in [0.1, 0.15) is 102 Å². The van der Waals surface area contributed by atoms with Gasteiger partial charge >= 0.3 is 11.9 Å². The highest BCUT2D eigenvalue weighted by Gasteiger charge is 2.75. The van der Waals surface area contributed by atoms with Crippen LogP contribution in [0, 0.1) is 50.2 Å². The number of carbonyl (C=O) groups is 2. The number of esters is 2. The maximum atomic E-state index is 15.5. The Labute approximate surface area is 502 Å². The molecule has 10 aliphatic rings. The summed E-state index contributed by atoms with van der Waals surface area (Å²) in [5.41, 5.74) is -7.73. The van der Waals surface area contributed by atoms with Gasteiger partial charge in [0, 0.05) is 0 Å². The molecular formula is C58H92O29. The van der Waals surface area contributed by atoms with Crippen molar-refractivity contribution < 1.29 is 143 Å². The molecule has 87 heavy (non-hydrogen) atoms. The van der Waals surface area contributed by atoms with Crippen molar-refractivity contribution in [3.05, 3.63) is 11.6 Å². The van der Waals surface area contributed by atoms with E-state index in [-0.39, 0.29) is 37.0 Å². The number of carbonyl (C=O) groups excluding carboxylic acids is 2. The number of hydrogen-bond acceptors (Lipinski definition) is 29. The SMILES string of the molecule is COC(=O)C1(CO)C(OC2OC(CO)C(O)C(O)C2O)C(O)CC2(C)C1CCC1(C)C2CC=C2C3CC(C)(C)CCC3(C(=O)OC3OCC(O)C(O)C3OC3OC(C)C(OC4OCC(O)C(OC5OCC(O)(CO)C5O)C4O)C(O)C3O)C(O)CC21C. The van der Waals surface area contributed by atoms with Crippen LogP contribution < -0.4 is 0 Å². The summed E-state index contributed by atoms with van der Waals surface area (Å²) in [4.78, 5) is 29.9. The van der Waals surface area contributed by atoms with Gasteiger partial charge in [0.05, 0.1) is 65.1 Å². The Balaban J connectivity index is 0.877. The molecule has 0 aromatic carbocycles. The molecule has 0 aromatic heterocycles. The Bertz CT molecular complexity index is 2490. The third-order valence-electron chi connectivity index (χ3n) is 22.7. The van der Waals surface area contributed by atoms with Gasteiger partial charge in [-0.15, -0.1) is 0 Å². The molecule has 498 valence electrons. The molecule has 0 radical (unpaired) electrons. The summed E-state index contributed by atoms with van der Waals surface area (Å²) in [5, 5.41) is 177. The second-order valence-corrected chi connectivity index (χ2v) is 28.0. The average Bonchev–Trinajstić information content (AvgIpc) is 0.943. The number of hydrogen-bond donors (Lipinski definition) is 16. The lowest BCUT2D eigenvalue weighted by atomic mass is 9.33. The van der Waals surface area contributed by atoms with E-state index in [1.807, 2.05) is 6.92 Å². The summed E-state index contributed by atoms with van der Waals surface area (Å²) in [5.74, 6) is -3.57. The Kier molecular flexibility index (Phi) is 19.1. The zero-order valence-corrected chi connectivity index (χ0v) is 50.0. The fraction of sp³-hybridized carbons (Fsp3) is 0.931. The van der Waals surface area contributed by atoms with E-state index in [1.165, 1.54) is 6.92 Å². The summed E-state index contributed by atoms with van der Waals surface area (Å²) in [6.45, 7) is 7.57. The Morgan fingerprint density at radius 1 is 0.609 bits per heavy atom. The van der Waals surface area contributed by atoms with Crippen molar-refractivity contribution in [2.75, 3.05) is 46.8 Å². The van der Waals surface area contributed by atoms with Crippen LogP contribution >= 0.6 is 0 Å². The van der Waals surface area contributed by atoms with Gasteiger partial charge < -0.3 is 134 Å². The molecule has 0 aromatic rings. The summed E-state index contributed by atoms with van der Waals surface area (Å²) >= 11 is 0. The van der Waals surface area contributed by atoms with Crippen LogP contribution in [0.3, 0.4) is 0 Å². The first-order chi connectivity index (χ1) is 40.8. The third-order valence-corrected chi connectivity index (χ3v) is 22.7. The van der Waals surface area contributed by atoms with Gasteiger partial charge in [0.2, 0.25) is 6.29 Å². The molecule has 32 atom stereocenters. The highest BCUT2D eigenvalue weighted by Crippen LogP contribution is 2.76. The minimum Gasteiger partial charge on any atom is -0.468 e. The van der Waals surface area contributed by atoms with E-state index in [2.05, 4.69) is 33.8 Å². The number of fused-ring (bicyclic) bond motifs is 7. The maximum absolute atomic E-state index is 15.5. The Morgan fingerprint density at radius 3 is 1.91 bits per heavy atom. The monoisotopic (exact) mass is 1250 g/mol. The van der Waals surface area contributed by atoms with Crippen molar-refractivity contribution >= 4 is 11.9 Å². The van der Waals surface area contributed by atoms with E-state index >= 15 is 4.79 Å². The van der Waals surface area contributed by atoms with Gasteiger partial charge in [-0.25, -0.2) is 0 Å². The Morgan fingerprint density at radius 2 is 1.25 bits per heavy atom. The molecule has 29 nitrogen and oxygen atoms in total. The fourth-order valence-electron chi connectivity index (χ4n) is 17.5. The van der Waals surface area contributed by atoms with E-state index < -0.39 is 237 Å². The normalized spacial score (nSPS) is 54.0. The number of allylic oxidation sites excluding steroid dienone is 2. The van der Waals surface area contributed by atoms with Crippen LogP contribution in [-0.4, -0.2) is 287 Å². The van der Waals surface area contributed by atoms with Gasteiger partial charge in [-0.1, -0.05) is 46.3 Å². The average molecular weight is 1250 g/mol. The smallest absolute Gasteiger partial charge is 0.317 e. The van der Waals surface area contributed by atoms with Crippen LogP contribution in [0.25, 0.3) is 0 Å². The molecule has 5 heterocycles. The molecule has 4 saturated carbocycles. The minimum absolute atomic E-state index is 0.000485. The molecule has 0 spiro atoms. The number of aliphatic hydroxyl groups excluding tert-OH is 15. The van der Waals surface area contributed by atoms with Gasteiger partial charge in [0.25, 0.3) is 0 Å². The van der Waals surface area contributed by atoms with E-state index in [9.17, 15) is 86.5 Å². The summed E-state index contributed by atoms with van der Waals surface area (Å²) in [6, 6.07) is 0. The quantitative estimate of drug-likeness (QED) is 0.0439. The Hall–Kier alpha value is -2.32. The first kappa shape index (κ1) is 67.6. The summed E-state index contributed by atoms with van der Waals surface area (Å²) < 4.78 is 63.9. The minimum atomic E-state index is -2.08.